The summed E-state index contributed by atoms with van der Waals surface area (Å²) in [7, 11) is 0. The highest BCUT2D eigenvalue weighted by Gasteiger charge is 2.34. The van der Waals surface area contributed by atoms with E-state index in [-0.39, 0.29) is 5.91 Å². The van der Waals surface area contributed by atoms with Gasteiger partial charge in [-0.05, 0) is 31.9 Å². The Bertz CT molecular complexity index is 525. The minimum atomic E-state index is -0.924. The van der Waals surface area contributed by atoms with Crippen LogP contribution in [0.4, 0.5) is 5.69 Å². The number of pyridine rings is 1. The molecule has 2 rings (SSSR count). The first-order valence-electron chi connectivity index (χ1n) is 6.20. The number of rotatable bonds is 3. The van der Waals surface area contributed by atoms with Gasteiger partial charge >= 0.3 is 5.97 Å². The molecule has 0 fully saturated rings. The van der Waals surface area contributed by atoms with Crippen molar-refractivity contribution < 1.29 is 14.7 Å². The van der Waals surface area contributed by atoms with Gasteiger partial charge in [0.2, 0.25) is 5.91 Å². The fourth-order valence-electron chi connectivity index (χ4n) is 2.22. The molecule has 0 spiro atoms. The Balaban J connectivity index is 2.13. The summed E-state index contributed by atoms with van der Waals surface area (Å²) in [4.78, 5) is 27.4. The molecule has 1 aliphatic rings. The molecule has 5 heteroatoms. The second kappa shape index (κ2) is 5.65. The van der Waals surface area contributed by atoms with Crippen LogP contribution in [-0.4, -0.2) is 22.0 Å². The lowest BCUT2D eigenvalue weighted by Gasteiger charge is -2.24. The van der Waals surface area contributed by atoms with Gasteiger partial charge in [0.25, 0.3) is 0 Å². The molecular formula is C14H16N2O3. The van der Waals surface area contributed by atoms with Crippen molar-refractivity contribution in [3.63, 3.8) is 0 Å². The molecule has 0 saturated heterocycles. The van der Waals surface area contributed by atoms with Crippen LogP contribution < -0.4 is 5.32 Å². The maximum absolute atomic E-state index is 12.2. The average molecular weight is 260 g/mol. The topological polar surface area (TPSA) is 79.3 Å². The van der Waals surface area contributed by atoms with E-state index in [9.17, 15) is 9.59 Å². The van der Waals surface area contributed by atoms with Gasteiger partial charge in [-0.25, -0.2) is 0 Å². The molecule has 0 unspecified atom stereocenters. The lowest BCUT2D eigenvalue weighted by molar-refractivity contribution is -0.146. The summed E-state index contributed by atoms with van der Waals surface area (Å²) in [5.41, 5.74) is 1.35. The Hall–Kier alpha value is -2.17. The van der Waals surface area contributed by atoms with Crippen LogP contribution >= 0.6 is 0 Å². The van der Waals surface area contributed by atoms with Crippen LogP contribution in [0.1, 0.15) is 18.5 Å². The summed E-state index contributed by atoms with van der Waals surface area (Å²) in [6.45, 7) is 1.80. The zero-order valence-corrected chi connectivity index (χ0v) is 10.7. The molecule has 1 aliphatic carbocycles. The molecule has 1 heterocycles. The number of amides is 1. The molecule has 0 radical (unpaired) electrons. The number of carboxylic acids is 1. The Morgan fingerprint density at radius 2 is 2.00 bits per heavy atom. The van der Waals surface area contributed by atoms with Crippen LogP contribution in [0, 0.1) is 18.8 Å². The van der Waals surface area contributed by atoms with E-state index in [1.807, 2.05) is 12.2 Å². The molecule has 1 aromatic rings. The maximum atomic E-state index is 12.2. The van der Waals surface area contributed by atoms with Gasteiger partial charge in [0.1, 0.15) is 0 Å². The molecule has 100 valence electrons. The quantitative estimate of drug-likeness (QED) is 0.815. The number of hydrogen-bond donors (Lipinski definition) is 2. The predicted octanol–water partition coefficient (Wildman–Crippen LogP) is 2.00. The van der Waals surface area contributed by atoms with Crippen molar-refractivity contribution in [2.75, 3.05) is 5.32 Å². The number of aromatic nitrogens is 1. The number of allylic oxidation sites excluding steroid dienone is 2. The number of carbonyl (C=O) groups is 2. The van der Waals surface area contributed by atoms with E-state index in [1.54, 1.807) is 25.3 Å². The molecule has 5 nitrogen and oxygen atoms in total. The van der Waals surface area contributed by atoms with Crippen molar-refractivity contribution >= 4 is 17.6 Å². The molecule has 0 saturated carbocycles. The van der Waals surface area contributed by atoms with Gasteiger partial charge in [-0.3, -0.25) is 14.6 Å². The van der Waals surface area contributed by atoms with E-state index in [4.69, 9.17) is 5.11 Å². The van der Waals surface area contributed by atoms with Crippen molar-refractivity contribution in [2.24, 2.45) is 11.8 Å². The largest absolute Gasteiger partial charge is 0.481 e. The number of anilines is 1. The molecule has 2 N–H and O–H groups in total. The number of nitrogens with zero attached hydrogens (tertiary/aromatic N) is 1. The van der Waals surface area contributed by atoms with Crippen LogP contribution in [0.25, 0.3) is 0 Å². The number of aryl methyl sites for hydroxylation is 1. The Kier molecular flexibility index (Phi) is 3.94. The maximum Gasteiger partial charge on any atom is 0.307 e. The highest BCUT2D eigenvalue weighted by molar-refractivity contribution is 5.95. The van der Waals surface area contributed by atoms with Crippen LogP contribution in [0.15, 0.2) is 30.5 Å². The third-order valence-corrected chi connectivity index (χ3v) is 3.35. The molecule has 1 aromatic heterocycles. The standard InChI is InChI=1S/C14H16N2O3/c1-9-12(7-4-8-15-9)16-13(17)10-5-2-3-6-11(10)14(18)19/h2-4,7-8,10-11H,5-6H2,1H3,(H,16,17)(H,18,19)/t10-,11+/m1/s1. The number of carbonyl (C=O) groups excluding carboxylic acids is 1. The Labute approximate surface area is 111 Å². The summed E-state index contributed by atoms with van der Waals surface area (Å²) in [5, 5.41) is 11.9. The normalized spacial score (nSPS) is 21.9. The van der Waals surface area contributed by atoms with Crippen molar-refractivity contribution in [2.45, 2.75) is 19.8 Å². The summed E-state index contributed by atoms with van der Waals surface area (Å²) in [6, 6.07) is 3.49. The average Bonchev–Trinajstić information content (AvgIpc) is 2.41. The van der Waals surface area contributed by atoms with Gasteiger partial charge in [0, 0.05) is 6.20 Å². The van der Waals surface area contributed by atoms with E-state index in [0.717, 1.165) is 0 Å². The number of aliphatic carboxylic acids is 1. The first-order chi connectivity index (χ1) is 9.09. The Morgan fingerprint density at radius 3 is 2.63 bits per heavy atom. The fraction of sp³-hybridized carbons (Fsp3) is 0.357. The van der Waals surface area contributed by atoms with E-state index in [1.165, 1.54) is 0 Å². The lowest BCUT2D eigenvalue weighted by atomic mass is 9.82. The summed E-state index contributed by atoms with van der Waals surface area (Å²) < 4.78 is 0. The van der Waals surface area contributed by atoms with E-state index >= 15 is 0 Å². The molecule has 0 aromatic carbocycles. The first kappa shape index (κ1) is 13.3. The highest BCUT2D eigenvalue weighted by Crippen LogP contribution is 2.27. The molecule has 0 bridgehead atoms. The van der Waals surface area contributed by atoms with E-state index in [0.29, 0.717) is 24.2 Å². The van der Waals surface area contributed by atoms with Gasteiger partial charge in [0.05, 0.1) is 23.2 Å². The van der Waals surface area contributed by atoms with Crippen LogP contribution in [0.5, 0.6) is 0 Å². The van der Waals surface area contributed by atoms with E-state index in [2.05, 4.69) is 10.3 Å². The first-order valence-corrected chi connectivity index (χ1v) is 6.20. The second-order valence-corrected chi connectivity index (χ2v) is 4.62. The van der Waals surface area contributed by atoms with Crippen molar-refractivity contribution in [3.05, 3.63) is 36.2 Å². The third kappa shape index (κ3) is 2.99. The van der Waals surface area contributed by atoms with Crippen LogP contribution in [-0.2, 0) is 9.59 Å². The number of nitrogens with one attached hydrogen (secondary N) is 1. The molecule has 19 heavy (non-hydrogen) atoms. The number of carboxylic acid groups (broad SMARTS) is 1. The molecule has 1 amide bonds. The monoisotopic (exact) mass is 260 g/mol. The molecular weight excluding hydrogens is 244 g/mol. The van der Waals surface area contributed by atoms with Crippen LogP contribution in [0.3, 0.4) is 0 Å². The van der Waals surface area contributed by atoms with Crippen molar-refractivity contribution in [3.8, 4) is 0 Å². The third-order valence-electron chi connectivity index (χ3n) is 3.35. The summed E-state index contributed by atoms with van der Waals surface area (Å²) in [5.74, 6) is -2.36. The van der Waals surface area contributed by atoms with Gasteiger partial charge in [-0.15, -0.1) is 0 Å². The minimum Gasteiger partial charge on any atom is -0.481 e. The lowest BCUT2D eigenvalue weighted by Crippen LogP contribution is -2.34. The second-order valence-electron chi connectivity index (χ2n) is 4.62. The highest BCUT2D eigenvalue weighted by atomic mass is 16.4. The fourth-order valence-corrected chi connectivity index (χ4v) is 2.22. The van der Waals surface area contributed by atoms with Gasteiger partial charge < -0.3 is 10.4 Å². The van der Waals surface area contributed by atoms with Gasteiger partial charge in [-0.1, -0.05) is 12.2 Å². The van der Waals surface area contributed by atoms with Crippen LogP contribution in [0.2, 0.25) is 0 Å². The summed E-state index contributed by atoms with van der Waals surface area (Å²) in [6.07, 6.45) is 6.19. The SMILES string of the molecule is Cc1ncccc1NC(=O)[C@@H]1CC=CC[C@@H]1C(=O)O. The smallest absolute Gasteiger partial charge is 0.307 e. The number of hydrogen-bond acceptors (Lipinski definition) is 3. The van der Waals surface area contributed by atoms with Gasteiger partial charge in [-0.2, -0.15) is 0 Å². The Morgan fingerprint density at radius 1 is 1.32 bits per heavy atom. The molecule has 0 aliphatic heterocycles. The summed E-state index contributed by atoms with van der Waals surface area (Å²) >= 11 is 0. The zero-order valence-electron chi connectivity index (χ0n) is 10.7. The zero-order chi connectivity index (χ0) is 13.8. The predicted molar refractivity (Wildman–Crippen MR) is 70.6 cm³/mol. The minimum absolute atomic E-state index is 0.257. The van der Waals surface area contributed by atoms with Crippen molar-refractivity contribution in [1.82, 2.24) is 4.98 Å². The van der Waals surface area contributed by atoms with Crippen molar-refractivity contribution in [1.29, 1.82) is 0 Å². The molecule has 2 atom stereocenters. The van der Waals surface area contributed by atoms with E-state index < -0.39 is 17.8 Å². The van der Waals surface area contributed by atoms with Gasteiger partial charge in [0.15, 0.2) is 0 Å².